The van der Waals surface area contributed by atoms with Crippen LogP contribution in [0.4, 0.5) is 0 Å². The molecule has 1 aliphatic rings. The summed E-state index contributed by atoms with van der Waals surface area (Å²) in [6, 6.07) is 0. The maximum Gasteiger partial charge on any atom is 0.342 e. The van der Waals surface area contributed by atoms with E-state index < -0.39 is 48.0 Å². The van der Waals surface area contributed by atoms with Gasteiger partial charge in [0.15, 0.2) is 27.6 Å². The lowest BCUT2D eigenvalue weighted by Gasteiger charge is -2.18. The molecule has 3 aromatic heterocycles. The van der Waals surface area contributed by atoms with Crippen LogP contribution >= 0.6 is 11.8 Å². The van der Waals surface area contributed by atoms with E-state index in [1.807, 2.05) is 4.98 Å². The van der Waals surface area contributed by atoms with Gasteiger partial charge in [0.2, 0.25) is 0 Å². The van der Waals surface area contributed by atoms with Crippen molar-refractivity contribution in [1.29, 1.82) is 0 Å². The van der Waals surface area contributed by atoms with Crippen LogP contribution in [-0.4, -0.2) is 74.9 Å². The van der Waals surface area contributed by atoms with Crippen molar-refractivity contribution in [1.82, 2.24) is 34.7 Å². The van der Waals surface area contributed by atoms with Gasteiger partial charge in [0.25, 0.3) is 11.1 Å². The van der Waals surface area contributed by atoms with Crippen molar-refractivity contribution in [2.75, 3.05) is 6.61 Å². The molecule has 1 saturated heterocycles. The molecule has 1 aliphatic heterocycles. The highest BCUT2D eigenvalue weighted by atomic mass is 32.2. The minimum Gasteiger partial charge on any atom is -0.394 e. The summed E-state index contributed by atoms with van der Waals surface area (Å²) < 4.78 is 6.71. The number of hydrogen-bond donors (Lipinski definition) is 6. The lowest BCUT2D eigenvalue weighted by atomic mass is 10.1. The molecule has 148 valence electrons. The van der Waals surface area contributed by atoms with Crippen molar-refractivity contribution in [3.8, 4) is 0 Å². The van der Waals surface area contributed by atoms with Gasteiger partial charge in [-0.2, -0.15) is 5.10 Å². The standard InChI is InChI=1S/C13H13N7O7S/c21-1-3-5(22)6(23)11(27-3)20-7-4(8(24)15-2-14-7)16-13(20)28-10-9(25)17-12(26)19-18-10/h2-3,5-6,11,21-23H,1H2,(H,14,15,24)(H2,17,19,25,26)/t3-,5-,6+,11-/m1/s1. The third-order valence-corrected chi connectivity index (χ3v) is 5.03. The van der Waals surface area contributed by atoms with Crippen LogP contribution in [-0.2, 0) is 4.74 Å². The van der Waals surface area contributed by atoms with Crippen LogP contribution in [0.25, 0.3) is 11.2 Å². The molecule has 15 heteroatoms. The molecule has 3 aromatic rings. The maximum absolute atomic E-state index is 12.1. The number of nitrogens with zero attached hydrogens (tertiary/aromatic N) is 4. The fourth-order valence-corrected chi connectivity index (χ4v) is 3.62. The Kier molecular flexibility index (Phi) is 4.60. The zero-order valence-electron chi connectivity index (χ0n) is 13.8. The van der Waals surface area contributed by atoms with E-state index in [9.17, 15) is 29.7 Å². The minimum atomic E-state index is -1.48. The van der Waals surface area contributed by atoms with Gasteiger partial charge in [0, 0.05) is 0 Å². The zero-order valence-corrected chi connectivity index (χ0v) is 14.6. The molecule has 4 heterocycles. The fraction of sp³-hybridized carbons (Fsp3) is 0.385. The Bertz CT molecular complexity index is 1200. The zero-order chi connectivity index (χ0) is 20.0. The van der Waals surface area contributed by atoms with Crippen LogP contribution in [0, 0.1) is 0 Å². The second kappa shape index (κ2) is 6.95. The van der Waals surface area contributed by atoms with E-state index in [-0.39, 0.29) is 21.3 Å². The van der Waals surface area contributed by atoms with Gasteiger partial charge in [0.05, 0.1) is 12.9 Å². The molecule has 0 spiro atoms. The predicted molar refractivity (Wildman–Crippen MR) is 90.8 cm³/mol. The van der Waals surface area contributed by atoms with E-state index in [4.69, 9.17) is 4.74 Å². The summed E-state index contributed by atoms with van der Waals surface area (Å²) in [5, 5.41) is 35.2. The Balaban J connectivity index is 1.88. The van der Waals surface area contributed by atoms with Crippen molar-refractivity contribution in [3.63, 3.8) is 0 Å². The van der Waals surface area contributed by atoms with Gasteiger partial charge < -0.3 is 25.0 Å². The molecule has 0 radical (unpaired) electrons. The Hall–Kier alpha value is -2.85. The summed E-state index contributed by atoms with van der Waals surface area (Å²) in [7, 11) is 0. The quantitative estimate of drug-likeness (QED) is 0.249. The second-order valence-corrected chi connectivity index (χ2v) is 6.77. The van der Waals surface area contributed by atoms with E-state index >= 15 is 0 Å². The SMILES string of the molecule is O=c1[nH]nc(Sc2nc3c(=O)[nH]cnc3n2[C@@H]2O[C@H](CO)[C@@H](O)[C@@H]2O)c(=O)[nH]1. The molecule has 4 atom stereocenters. The Morgan fingerprint density at radius 3 is 2.68 bits per heavy atom. The lowest BCUT2D eigenvalue weighted by Crippen LogP contribution is -2.33. The highest BCUT2D eigenvalue weighted by Crippen LogP contribution is 2.35. The topological polar surface area (TPSA) is 212 Å². The number of imidazole rings is 1. The third-order valence-electron chi connectivity index (χ3n) is 4.09. The molecular weight excluding hydrogens is 398 g/mol. The molecule has 0 aliphatic carbocycles. The maximum atomic E-state index is 12.1. The normalized spacial score (nSPS) is 24.8. The van der Waals surface area contributed by atoms with E-state index in [2.05, 4.69) is 25.1 Å². The number of hydrogen-bond acceptors (Lipinski definition) is 11. The van der Waals surface area contributed by atoms with Gasteiger partial charge in [-0.3, -0.25) is 19.1 Å². The molecule has 0 aromatic carbocycles. The summed E-state index contributed by atoms with van der Waals surface area (Å²) in [5.74, 6) is 0. The third kappa shape index (κ3) is 2.94. The molecular formula is C13H13N7O7S. The summed E-state index contributed by atoms with van der Waals surface area (Å²) >= 11 is 0.682. The average molecular weight is 411 g/mol. The number of aromatic nitrogens is 7. The number of fused-ring (bicyclic) bond motifs is 1. The molecule has 28 heavy (non-hydrogen) atoms. The molecule has 0 saturated carbocycles. The predicted octanol–water partition coefficient (Wildman–Crippen LogP) is -3.35. The first-order valence-corrected chi connectivity index (χ1v) is 8.67. The van der Waals surface area contributed by atoms with Crippen LogP contribution in [0.15, 0.2) is 30.9 Å². The molecule has 1 fully saturated rings. The largest absolute Gasteiger partial charge is 0.394 e. The van der Waals surface area contributed by atoms with Crippen molar-refractivity contribution in [2.45, 2.75) is 34.7 Å². The number of nitrogens with one attached hydrogen (secondary N) is 3. The van der Waals surface area contributed by atoms with Crippen molar-refractivity contribution in [3.05, 3.63) is 37.5 Å². The van der Waals surface area contributed by atoms with Crippen LogP contribution in [0.2, 0.25) is 0 Å². The van der Waals surface area contributed by atoms with Crippen molar-refractivity contribution >= 4 is 22.9 Å². The Morgan fingerprint density at radius 2 is 2.00 bits per heavy atom. The van der Waals surface area contributed by atoms with Gasteiger partial charge in [-0.1, -0.05) is 0 Å². The number of H-pyrrole nitrogens is 3. The van der Waals surface area contributed by atoms with E-state index in [0.29, 0.717) is 11.8 Å². The monoisotopic (exact) mass is 411 g/mol. The number of rotatable bonds is 4. The van der Waals surface area contributed by atoms with E-state index in [0.717, 1.165) is 6.33 Å². The van der Waals surface area contributed by atoms with Gasteiger partial charge in [-0.05, 0) is 11.8 Å². The molecule has 0 unspecified atom stereocenters. The van der Waals surface area contributed by atoms with Gasteiger partial charge in [-0.15, -0.1) is 0 Å². The molecule has 14 nitrogen and oxygen atoms in total. The number of ether oxygens (including phenoxy) is 1. The van der Waals surface area contributed by atoms with Gasteiger partial charge in [0.1, 0.15) is 18.3 Å². The molecule has 0 bridgehead atoms. The highest BCUT2D eigenvalue weighted by Gasteiger charge is 2.45. The number of aliphatic hydroxyl groups is 3. The van der Waals surface area contributed by atoms with Crippen LogP contribution in [0.3, 0.4) is 0 Å². The number of aromatic amines is 3. The first-order valence-electron chi connectivity index (χ1n) is 7.85. The lowest BCUT2D eigenvalue weighted by molar-refractivity contribution is -0.0548. The molecule has 4 rings (SSSR count). The second-order valence-electron chi connectivity index (χ2n) is 5.81. The Morgan fingerprint density at radius 1 is 1.21 bits per heavy atom. The van der Waals surface area contributed by atoms with E-state index in [1.165, 1.54) is 4.57 Å². The average Bonchev–Trinajstić information content (AvgIpc) is 3.16. The summed E-state index contributed by atoms with van der Waals surface area (Å²) in [4.78, 5) is 47.7. The summed E-state index contributed by atoms with van der Waals surface area (Å²) in [6.45, 7) is -0.557. The Labute approximate surface area is 157 Å². The van der Waals surface area contributed by atoms with Crippen LogP contribution in [0.5, 0.6) is 0 Å². The van der Waals surface area contributed by atoms with Crippen LogP contribution < -0.4 is 16.8 Å². The van der Waals surface area contributed by atoms with Crippen molar-refractivity contribution in [2.24, 2.45) is 0 Å². The summed E-state index contributed by atoms with van der Waals surface area (Å²) in [5.41, 5.74) is -2.27. The first-order chi connectivity index (χ1) is 13.4. The van der Waals surface area contributed by atoms with Crippen molar-refractivity contribution < 1.29 is 20.1 Å². The van der Waals surface area contributed by atoms with Crippen LogP contribution in [0.1, 0.15) is 6.23 Å². The first kappa shape index (κ1) is 18.5. The smallest absolute Gasteiger partial charge is 0.342 e. The summed E-state index contributed by atoms with van der Waals surface area (Å²) in [6.07, 6.45) is -4.09. The fourth-order valence-electron chi connectivity index (χ4n) is 2.79. The van der Waals surface area contributed by atoms with Gasteiger partial charge in [-0.25, -0.2) is 19.9 Å². The highest BCUT2D eigenvalue weighted by molar-refractivity contribution is 7.99. The van der Waals surface area contributed by atoms with E-state index in [1.54, 1.807) is 0 Å². The number of aliphatic hydroxyl groups excluding tert-OH is 3. The molecule has 0 amide bonds. The molecule has 6 N–H and O–H groups in total. The van der Waals surface area contributed by atoms with Gasteiger partial charge >= 0.3 is 5.69 Å². The minimum absolute atomic E-state index is 0.0147.